The second-order valence-electron chi connectivity index (χ2n) is 7.88. The van der Waals surface area contributed by atoms with Crippen LogP contribution < -0.4 is 10.6 Å². The fourth-order valence-corrected chi connectivity index (χ4v) is 7.11. The number of fused-ring (bicyclic) bond motifs is 1. The molecule has 1 aliphatic heterocycles. The number of hydrogen-bond donors (Lipinski definition) is 2. The van der Waals surface area contributed by atoms with E-state index in [0.29, 0.717) is 42.6 Å². The van der Waals surface area contributed by atoms with Gasteiger partial charge in [-0.2, -0.15) is 4.31 Å². The van der Waals surface area contributed by atoms with Crippen LogP contribution in [0.5, 0.6) is 0 Å². The molecule has 1 aromatic carbocycles. The van der Waals surface area contributed by atoms with Crippen LogP contribution in [-0.4, -0.2) is 57.2 Å². The first-order valence-corrected chi connectivity index (χ1v) is 13.6. The van der Waals surface area contributed by atoms with Crippen molar-refractivity contribution in [3.05, 3.63) is 40.3 Å². The molecule has 0 unspecified atom stereocenters. The molecule has 0 amide bonds. The van der Waals surface area contributed by atoms with Crippen molar-refractivity contribution in [2.24, 2.45) is 0 Å². The number of morpholine rings is 1. The minimum Gasteiger partial charge on any atom is -0.465 e. The summed E-state index contributed by atoms with van der Waals surface area (Å²) in [4.78, 5) is 13.9. The standard InChI is InChI=1S/C22H27N3O5S3/c1-29-21(26)19-17-8-3-2-4-9-18(17)32-20(19)24-22(31)23-15-6-5-7-16(14-15)33(27,28)25-10-12-30-13-11-25/h5-7,14H,2-4,8-13H2,1H3,(H2,23,24,31). The first-order valence-electron chi connectivity index (χ1n) is 10.9. The first kappa shape index (κ1) is 24.1. The number of benzene rings is 1. The van der Waals surface area contributed by atoms with Crippen molar-refractivity contribution in [2.75, 3.05) is 44.0 Å². The number of methoxy groups -OCH3 is 1. The molecule has 2 heterocycles. The topological polar surface area (TPSA) is 97.0 Å². The van der Waals surface area contributed by atoms with E-state index in [4.69, 9.17) is 21.7 Å². The Bertz CT molecular complexity index is 1140. The van der Waals surface area contributed by atoms with Gasteiger partial charge >= 0.3 is 5.97 Å². The number of ether oxygens (including phenoxy) is 2. The number of nitrogens with zero attached hydrogens (tertiary/aromatic N) is 1. The van der Waals surface area contributed by atoms with Crippen molar-refractivity contribution in [1.82, 2.24) is 4.31 Å². The number of hydrogen-bond acceptors (Lipinski definition) is 7. The van der Waals surface area contributed by atoms with Gasteiger partial charge in [0.15, 0.2) is 5.11 Å². The number of esters is 1. The van der Waals surface area contributed by atoms with Gasteiger partial charge < -0.3 is 20.1 Å². The van der Waals surface area contributed by atoms with E-state index < -0.39 is 10.0 Å². The molecule has 0 atom stereocenters. The van der Waals surface area contributed by atoms with Crippen molar-refractivity contribution in [3.63, 3.8) is 0 Å². The summed E-state index contributed by atoms with van der Waals surface area (Å²) in [6.45, 7) is 1.44. The Morgan fingerprint density at radius 1 is 1.15 bits per heavy atom. The molecular formula is C22H27N3O5S3. The van der Waals surface area contributed by atoms with Crippen molar-refractivity contribution in [3.8, 4) is 0 Å². The number of carbonyl (C=O) groups excluding carboxylic acids is 1. The van der Waals surface area contributed by atoms with Crippen LogP contribution in [0.15, 0.2) is 29.2 Å². The van der Waals surface area contributed by atoms with Crippen LogP contribution in [0.25, 0.3) is 0 Å². The number of rotatable bonds is 5. The second kappa shape index (κ2) is 10.5. The number of anilines is 2. The summed E-state index contributed by atoms with van der Waals surface area (Å²) in [6.07, 6.45) is 5.07. The number of sulfonamides is 1. The summed E-state index contributed by atoms with van der Waals surface area (Å²) in [5.41, 5.74) is 2.14. The highest BCUT2D eigenvalue weighted by Gasteiger charge is 2.27. The monoisotopic (exact) mass is 509 g/mol. The number of carbonyl (C=O) groups is 1. The molecule has 1 fully saturated rings. The van der Waals surface area contributed by atoms with Gasteiger partial charge in [0.2, 0.25) is 10.0 Å². The lowest BCUT2D eigenvalue weighted by Crippen LogP contribution is -2.40. The number of thiophene rings is 1. The third-order valence-corrected chi connectivity index (χ3v) is 9.04. The van der Waals surface area contributed by atoms with Gasteiger partial charge in [0, 0.05) is 23.7 Å². The molecule has 11 heteroatoms. The van der Waals surface area contributed by atoms with Gasteiger partial charge in [-0.05, 0) is 61.7 Å². The van der Waals surface area contributed by atoms with E-state index >= 15 is 0 Å². The van der Waals surface area contributed by atoms with Gasteiger partial charge in [-0.15, -0.1) is 11.3 Å². The largest absolute Gasteiger partial charge is 0.465 e. The van der Waals surface area contributed by atoms with Gasteiger partial charge in [0.1, 0.15) is 5.00 Å². The Balaban J connectivity index is 1.52. The smallest absolute Gasteiger partial charge is 0.341 e. The Morgan fingerprint density at radius 3 is 2.67 bits per heavy atom. The van der Waals surface area contributed by atoms with E-state index in [2.05, 4.69) is 10.6 Å². The molecule has 1 aliphatic carbocycles. The molecule has 2 N–H and O–H groups in total. The van der Waals surface area contributed by atoms with E-state index in [-0.39, 0.29) is 16.0 Å². The SMILES string of the molecule is COC(=O)c1c(NC(=S)Nc2cccc(S(=O)(=O)N3CCOCC3)c2)sc2c1CCCCC2. The quantitative estimate of drug-likeness (QED) is 0.358. The predicted octanol–water partition coefficient (Wildman–Crippen LogP) is 3.63. The summed E-state index contributed by atoms with van der Waals surface area (Å²) in [6, 6.07) is 6.55. The van der Waals surface area contributed by atoms with Crippen LogP contribution in [0, 0.1) is 0 Å². The summed E-state index contributed by atoms with van der Waals surface area (Å²) in [7, 11) is -2.24. The van der Waals surface area contributed by atoms with E-state index in [0.717, 1.165) is 37.7 Å². The van der Waals surface area contributed by atoms with Crippen LogP contribution in [0.3, 0.4) is 0 Å². The lowest BCUT2D eigenvalue weighted by Gasteiger charge is -2.26. The van der Waals surface area contributed by atoms with E-state index in [1.807, 2.05) is 0 Å². The van der Waals surface area contributed by atoms with Crippen LogP contribution in [0.4, 0.5) is 10.7 Å². The van der Waals surface area contributed by atoms with Crippen LogP contribution in [0.2, 0.25) is 0 Å². The van der Waals surface area contributed by atoms with Crippen LogP contribution in [-0.2, 0) is 32.3 Å². The Kier molecular flexibility index (Phi) is 7.65. The molecule has 1 aromatic heterocycles. The van der Waals surface area contributed by atoms with E-state index in [9.17, 15) is 13.2 Å². The molecule has 2 aliphatic rings. The predicted molar refractivity (Wildman–Crippen MR) is 133 cm³/mol. The fraction of sp³-hybridized carbons (Fsp3) is 0.455. The van der Waals surface area contributed by atoms with Gasteiger partial charge in [-0.3, -0.25) is 0 Å². The Hall–Kier alpha value is -2.05. The minimum absolute atomic E-state index is 0.190. The average molecular weight is 510 g/mol. The van der Waals surface area contributed by atoms with Crippen molar-refractivity contribution < 1.29 is 22.7 Å². The highest BCUT2D eigenvalue weighted by Crippen LogP contribution is 2.38. The average Bonchev–Trinajstić information content (AvgIpc) is 2.99. The first-order chi connectivity index (χ1) is 15.9. The molecule has 0 saturated carbocycles. The van der Waals surface area contributed by atoms with Crippen LogP contribution in [0.1, 0.15) is 40.1 Å². The zero-order valence-corrected chi connectivity index (χ0v) is 20.8. The summed E-state index contributed by atoms with van der Waals surface area (Å²) < 4.78 is 37.6. The minimum atomic E-state index is -3.62. The maximum atomic E-state index is 13.0. The molecule has 33 heavy (non-hydrogen) atoms. The summed E-state index contributed by atoms with van der Waals surface area (Å²) in [5.74, 6) is -0.377. The zero-order valence-electron chi connectivity index (χ0n) is 18.4. The lowest BCUT2D eigenvalue weighted by atomic mass is 10.1. The number of nitrogens with one attached hydrogen (secondary N) is 2. The lowest BCUT2D eigenvalue weighted by molar-refractivity contribution is 0.0601. The van der Waals surface area contributed by atoms with Crippen molar-refractivity contribution in [1.29, 1.82) is 0 Å². The van der Waals surface area contributed by atoms with Gasteiger partial charge in [0.05, 0.1) is 30.8 Å². The van der Waals surface area contributed by atoms with Gasteiger partial charge in [0.25, 0.3) is 0 Å². The van der Waals surface area contributed by atoms with E-state index in [1.165, 1.54) is 27.6 Å². The molecule has 8 nitrogen and oxygen atoms in total. The molecule has 0 spiro atoms. The maximum absolute atomic E-state index is 13.0. The van der Waals surface area contributed by atoms with Crippen molar-refractivity contribution >= 4 is 55.3 Å². The second-order valence-corrected chi connectivity index (χ2v) is 11.3. The van der Waals surface area contributed by atoms with Gasteiger partial charge in [-0.1, -0.05) is 12.5 Å². The molecule has 178 valence electrons. The molecule has 0 bridgehead atoms. The molecule has 2 aromatic rings. The maximum Gasteiger partial charge on any atom is 0.341 e. The summed E-state index contributed by atoms with van der Waals surface area (Å²) >= 11 is 7.02. The zero-order chi connectivity index (χ0) is 23.4. The van der Waals surface area contributed by atoms with E-state index in [1.54, 1.807) is 24.3 Å². The third-order valence-electron chi connectivity index (χ3n) is 5.74. The highest BCUT2D eigenvalue weighted by molar-refractivity contribution is 7.89. The Morgan fingerprint density at radius 2 is 1.91 bits per heavy atom. The molecule has 4 rings (SSSR count). The third kappa shape index (κ3) is 5.38. The number of thiocarbonyl (C=S) groups is 1. The molecular weight excluding hydrogens is 482 g/mol. The summed E-state index contributed by atoms with van der Waals surface area (Å²) in [5, 5.41) is 7.12. The van der Waals surface area contributed by atoms with Gasteiger partial charge in [-0.25, -0.2) is 13.2 Å². The van der Waals surface area contributed by atoms with Crippen LogP contribution >= 0.6 is 23.6 Å². The molecule has 1 saturated heterocycles. The number of aryl methyl sites for hydroxylation is 1. The molecule has 0 radical (unpaired) electrons. The van der Waals surface area contributed by atoms with Crippen molar-refractivity contribution in [2.45, 2.75) is 37.0 Å². The fourth-order valence-electron chi connectivity index (χ4n) is 4.08. The highest BCUT2D eigenvalue weighted by atomic mass is 32.2. The normalized spacial score (nSPS) is 17.0. The Labute approximate surface area is 203 Å².